The van der Waals surface area contributed by atoms with Gasteiger partial charge in [0.2, 0.25) is 0 Å². The van der Waals surface area contributed by atoms with Crippen LogP contribution in [0.2, 0.25) is 0 Å². The maximum atomic E-state index is 8.58. The standard InChI is InChI=1S/C46H26O3/c1-2-11-27(12-3-1)41-25-38-35(18-10-20-40(38)47-41)46-33-16-6-4-14-31(33)45(32-15-5-7-17-34(32)46)28-21-22-30-37-24-36-29-13-8-9-19-39(29)48-43(36)26-44(37)49-42(30)23-28/h1-26H/i1D,2D,3D,11D,12D. The van der Waals surface area contributed by atoms with Crippen LogP contribution in [0, 0.1) is 0 Å². The Morgan fingerprint density at radius 3 is 1.65 bits per heavy atom. The molecule has 3 aromatic heterocycles. The molecule has 0 amide bonds. The molecule has 0 fully saturated rings. The van der Waals surface area contributed by atoms with Crippen LogP contribution in [0.1, 0.15) is 6.85 Å². The second kappa shape index (κ2) is 9.96. The molecule has 0 unspecified atom stereocenters. The molecule has 0 radical (unpaired) electrons. The molecule has 0 saturated heterocycles. The Labute approximate surface area is 287 Å². The molecule has 0 aliphatic heterocycles. The lowest BCUT2D eigenvalue weighted by atomic mass is 9.85. The van der Waals surface area contributed by atoms with Crippen LogP contribution in [0.3, 0.4) is 0 Å². The van der Waals surface area contributed by atoms with Gasteiger partial charge < -0.3 is 13.3 Å². The minimum absolute atomic E-state index is 0.0381. The van der Waals surface area contributed by atoms with E-state index in [1.54, 1.807) is 6.07 Å². The van der Waals surface area contributed by atoms with Crippen molar-refractivity contribution in [2.75, 3.05) is 0 Å². The number of para-hydroxylation sites is 1. The van der Waals surface area contributed by atoms with Crippen LogP contribution in [-0.2, 0) is 0 Å². The van der Waals surface area contributed by atoms with Crippen LogP contribution in [0.15, 0.2) is 171 Å². The van der Waals surface area contributed by atoms with E-state index in [0.717, 1.165) is 93.1 Å². The van der Waals surface area contributed by atoms with Crippen molar-refractivity contribution in [1.29, 1.82) is 0 Å². The smallest absolute Gasteiger partial charge is 0.139 e. The van der Waals surface area contributed by atoms with Crippen LogP contribution in [0.25, 0.3) is 110 Å². The topological polar surface area (TPSA) is 39.4 Å². The summed E-state index contributed by atoms with van der Waals surface area (Å²) in [5.41, 5.74) is 7.86. The van der Waals surface area contributed by atoms with E-state index in [4.69, 9.17) is 20.1 Å². The molecule has 228 valence electrons. The Kier molecular flexibility index (Phi) is 4.49. The number of rotatable bonds is 3. The van der Waals surface area contributed by atoms with Crippen LogP contribution in [0.5, 0.6) is 0 Å². The van der Waals surface area contributed by atoms with Gasteiger partial charge in [-0.2, -0.15) is 0 Å². The van der Waals surface area contributed by atoms with Gasteiger partial charge in [0.25, 0.3) is 0 Å². The van der Waals surface area contributed by atoms with E-state index in [1.165, 1.54) is 0 Å². The Hall–Kier alpha value is -6.58. The molecule has 3 heterocycles. The van der Waals surface area contributed by atoms with Crippen molar-refractivity contribution < 1.29 is 20.1 Å². The molecule has 49 heavy (non-hydrogen) atoms. The van der Waals surface area contributed by atoms with E-state index >= 15 is 0 Å². The van der Waals surface area contributed by atoms with Crippen molar-refractivity contribution >= 4 is 76.4 Å². The molecular weight excluding hydrogens is 601 g/mol. The third-order valence-corrected chi connectivity index (χ3v) is 9.77. The predicted molar refractivity (Wildman–Crippen MR) is 202 cm³/mol. The maximum absolute atomic E-state index is 8.58. The molecular formula is C46H26O3. The van der Waals surface area contributed by atoms with Gasteiger partial charge in [-0.15, -0.1) is 0 Å². The first-order chi connectivity index (χ1) is 26.4. The zero-order valence-corrected chi connectivity index (χ0v) is 25.8. The molecule has 11 rings (SSSR count). The monoisotopic (exact) mass is 631 g/mol. The highest BCUT2D eigenvalue weighted by Gasteiger charge is 2.21. The largest absolute Gasteiger partial charge is 0.456 e. The van der Waals surface area contributed by atoms with Gasteiger partial charge in [0, 0.05) is 38.6 Å². The molecule has 3 heteroatoms. The van der Waals surface area contributed by atoms with Gasteiger partial charge in [-0.3, -0.25) is 0 Å². The Balaban J connectivity index is 1.14. The zero-order chi connectivity index (χ0) is 36.4. The average Bonchev–Trinajstić information content (AvgIpc) is 3.90. The fourth-order valence-corrected chi connectivity index (χ4v) is 7.66. The molecule has 0 saturated carbocycles. The highest BCUT2D eigenvalue weighted by Crippen LogP contribution is 2.47. The second-order valence-electron chi connectivity index (χ2n) is 12.4. The summed E-state index contributed by atoms with van der Waals surface area (Å²) < 4.78 is 60.6. The van der Waals surface area contributed by atoms with Gasteiger partial charge in [0.15, 0.2) is 0 Å². The molecule has 0 spiro atoms. The number of hydrogen-bond acceptors (Lipinski definition) is 3. The third-order valence-electron chi connectivity index (χ3n) is 9.77. The molecule has 3 nitrogen and oxygen atoms in total. The first-order valence-electron chi connectivity index (χ1n) is 18.7. The quantitative estimate of drug-likeness (QED) is 0.182. The Morgan fingerprint density at radius 1 is 0.347 bits per heavy atom. The molecule has 0 atom stereocenters. The van der Waals surface area contributed by atoms with E-state index in [2.05, 4.69) is 72.8 Å². The molecule has 0 bridgehead atoms. The lowest BCUT2D eigenvalue weighted by molar-refractivity contribution is 0.631. The summed E-state index contributed by atoms with van der Waals surface area (Å²) in [6.45, 7) is 0. The van der Waals surface area contributed by atoms with Crippen LogP contribution in [0.4, 0.5) is 0 Å². The molecule has 0 N–H and O–H groups in total. The number of furan rings is 3. The fraction of sp³-hybridized carbons (Fsp3) is 0. The number of benzene rings is 8. The van der Waals surface area contributed by atoms with Gasteiger partial charge in [-0.25, -0.2) is 0 Å². The van der Waals surface area contributed by atoms with Gasteiger partial charge in [0.1, 0.15) is 33.7 Å². The summed E-state index contributed by atoms with van der Waals surface area (Å²) in [6.07, 6.45) is 0. The molecule has 0 aliphatic rings. The minimum atomic E-state index is -0.438. The van der Waals surface area contributed by atoms with E-state index in [0.29, 0.717) is 5.58 Å². The van der Waals surface area contributed by atoms with Gasteiger partial charge in [-0.1, -0.05) is 115 Å². The number of hydrogen-bond donors (Lipinski definition) is 0. The summed E-state index contributed by atoms with van der Waals surface area (Å²) >= 11 is 0. The fourth-order valence-electron chi connectivity index (χ4n) is 7.66. The van der Waals surface area contributed by atoms with Crippen molar-refractivity contribution in [2.24, 2.45) is 0 Å². The van der Waals surface area contributed by atoms with Gasteiger partial charge >= 0.3 is 0 Å². The molecule has 11 aromatic rings. The van der Waals surface area contributed by atoms with E-state index < -0.39 is 18.1 Å². The van der Waals surface area contributed by atoms with Crippen molar-refractivity contribution in [1.82, 2.24) is 0 Å². The highest BCUT2D eigenvalue weighted by molar-refractivity contribution is 6.24. The van der Waals surface area contributed by atoms with Crippen LogP contribution < -0.4 is 0 Å². The lowest BCUT2D eigenvalue weighted by Gasteiger charge is -2.18. The maximum Gasteiger partial charge on any atom is 0.139 e. The first-order valence-corrected chi connectivity index (χ1v) is 16.2. The van der Waals surface area contributed by atoms with Crippen molar-refractivity contribution in [3.05, 3.63) is 158 Å². The van der Waals surface area contributed by atoms with E-state index in [1.807, 2.05) is 48.5 Å². The Bertz CT molecular complexity index is 3320. The highest BCUT2D eigenvalue weighted by atomic mass is 16.3. The third kappa shape index (κ3) is 3.84. The normalized spacial score (nSPS) is 13.5. The summed E-state index contributed by atoms with van der Waals surface area (Å²) in [7, 11) is 0. The van der Waals surface area contributed by atoms with Crippen molar-refractivity contribution in [3.8, 4) is 33.6 Å². The predicted octanol–water partition coefficient (Wildman–Crippen LogP) is 13.5. The SMILES string of the molecule is [2H]c1c([2H])c([2H])c(-c2cc3c(-c4c5ccccc5c(-c5ccc6c(c5)oc5cc7oc8ccccc8c7cc56)c5ccccc45)cccc3o2)c([2H])c1[2H]. The lowest BCUT2D eigenvalue weighted by Crippen LogP contribution is -1.91. The summed E-state index contributed by atoms with van der Waals surface area (Å²) in [4.78, 5) is 0. The second-order valence-corrected chi connectivity index (χ2v) is 12.4. The minimum Gasteiger partial charge on any atom is -0.456 e. The Morgan fingerprint density at radius 2 is 0.918 bits per heavy atom. The van der Waals surface area contributed by atoms with E-state index in [9.17, 15) is 0 Å². The van der Waals surface area contributed by atoms with Gasteiger partial charge in [-0.05, 0) is 80.2 Å². The van der Waals surface area contributed by atoms with Crippen LogP contribution >= 0.6 is 0 Å². The molecule has 0 aliphatic carbocycles. The van der Waals surface area contributed by atoms with Crippen molar-refractivity contribution in [2.45, 2.75) is 0 Å². The van der Waals surface area contributed by atoms with E-state index in [-0.39, 0.29) is 23.4 Å². The number of fused-ring (bicyclic) bond motifs is 9. The summed E-state index contributed by atoms with van der Waals surface area (Å²) in [5.74, 6) is 0.222. The zero-order valence-electron chi connectivity index (χ0n) is 30.8. The van der Waals surface area contributed by atoms with Crippen LogP contribution in [-0.4, -0.2) is 0 Å². The first kappa shape index (κ1) is 22.1. The summed E-state index contributed by atoms with van der Waals surface area (Å²) in [5, 5.41) is 9.21. The average molecular weight is 632 g/mol. The summed E-state index contributed by atoms with van der Waals surface area (Å²) in [6, 6.07) is 41.2. The van der Waals surface area contributed by atoms with Gasteiger partial charge in [0.05, 0.1) is 6.85 Å². The van der Waals surface area contributed by atoms with Crippen molar-refractivity contribution in [3.63, 3.8) is 0 Å². The molecule has 8 aromatic carbocycles.